The summed E-state index contributed by atoms with van der Waals surface area (Å²) in [7, 11) is 0. The standard InChI is InChI=1S/C44H28O/c1-3-13-29(14-4-1)33-21-11-23-39-40-24-12-22-34(44(40)45-43(33)39)30-25-27-32(28-26-30)42-37-19-9-7-17-35(37)41(31-15-5-2-6-16-31)36-18-8-10-20-38(36)42/h1-28H/i1D,7D,8D,9D,25D,28D. The molecule has 0 spiro atoms. The topological polar surface area (TPSA) is 13.1 Å². The lowest BCUT2D eigenvalue weighted by Crippen LogP contribution is -1.90. The molecular weight excluding hydrogens is 544 g/mol. The van der Waals surface area contributed by atoms with Crippen LogP contribution in [0.3, 0.4) is 0 Å². The number of furan rings is 1. The maximum Gasteiger partial charge on any atom is 0.143 e. The highest BCUT2D eigenvalue weighted by atomic mass is 16.3. The molecule has 0 saturated carbocycles. The molecule has 1 nitrogen and oxygen atoms in total. The minimum atomic E-state index is 0.0695. The molecule has 1 aromatic heterocycles. The summed E-state index contributed by atoms with van der Waals surface area (Å²) in [6.45, 7) is 0. The maximum atomic E-state index is 9.43. The van der Waals surface area contributed by atoms with E-state index in [4.69, 9.17) is 9.90 Å². The van der Waals surface area contributed by atoms with Gasteiger partial charge in [0.2, 0.25) is 0 Å². The third-order valence-corrected chi connectivity index (χ3v) is 8.67. The zero-order valence-electron chi connectivity index (χ0n) is 30.1. The fraction of sp³-hybridized carbons (Fsp3) is 0. The molecule has 45 heavy (non-hydrogen) atoms. The van der Waals surface area contributed by atoms with Crippen LogP contribution in [0.5, 0.6) is 0 Å². The lowest BCUT2D eigenvalue weighted by molar-refractivity contribution is 0.671. The molecule has 0 amide bonds. The Balaban J connectivity index is 1.29. The Hall–Kier alpha value is -5.92. The molecule has 9 aromatic rings. The molecule has 1 heterocycles. The van der Waals surface area contributed by atoms with Crippen molar-refractivity contribution in [3.8, 4) is 44.5 Å². The van der Waals surface area contributed by atoms with E-state index in [-0.39, 0.29) is 24.2 Å². The van der Waals surface area contributed by atoms with Gasteiger partial charge < -0.3 is 4.42 Å². The Bertz CT molecular complexity index is 2860. The van der Waals surface area contributed by atoms with Gasteiger partial charge in [-0.05, 0) is 54.9 Å². The third-order valence-electron chi connectivity index (χ3n) is 8.67. The minimum Gasteiger partial charge on any atom is -0.455 e. The average Bonchev–Trinajstić information content (AvgIpc) is 3.52. The van der Waals surface area contributed by atoms with E-state index >= 15 is 0 Å². The number of rotatable bonds is 4. The molecule has 0 saturated heterocycles. The zero-order valence-corrected chi connectivity index (χ0v) is 24.1. The maximum absolute atomic E-state index is 9.43. The Kier molecular flexibility index (Phi) is 4.63. The summed E-state index contributed by atoms with van der Waals surface area (Å²) in [5.41, 5.74) is 7.51. The van der Waals surface area contributed by atoms with E-state index in [9.17, 15) is 2.74 Å². The predicted octanol–water partition coefficient (Wildman–Crippen LogP) is 12.6. The SMILES string of the molecule is [2H]c1ccc(-c2cccc3c2oc2c(-c4cc([2H])c(-c5c6ccc([2H])cc6c(-c6ccccc6)c6cc([2H])c([2H])cc56)cc4[2H])cccc23)cc1. The van der Waals surface area contributed by atoms with Crippen molar-refractivity contribution in [2.24, 2.45) is 0 Å². The molecule has 0 fully saturated rings. The molecule has 0 bridgehead atoms. The Morgan fingerprint density at radius 1 is 0.333 bits per heavy atom. The van der Waals surface area contributed by atoms with Crippen LogP contribution >= 0.6 is 0 Å². The highest BCUT2D eigenvalue weighted by Gasteiger charge is 2.18. The summed E-state index contributed by atoms with van der Waals surface area (Å²) in [4.78, 5) is 0. The zero-order chi connectivity index (χ0) is 35.0. The molecule has 9 rings (SSSR count). The first-order chi connectivity index (χ1) is 24.8. The normalized spacial score (nSPS) is 13.4. The molecule has 0 atom stereocenters. The Labute approximate surface area is 270 Å². The van der Waals surface area contributed by atoms with Gasteiger partial charge in [-0.15, -0.1) is 0 Å². The second kappa shape index (κ2) is 10.4. The summed E-state index contributed by atoms with van der Waals surface area (Å²) < 4.78 is 59.0. The monoisotopic (exact) mass is 578 g/mol. The van der Waals surface area contributed by atoms with Crippen LogP contribution in [0.4, 0.5) is 0 Å². The van der Waals surface area contributed by atoms with Gasteiger partial charge in [0.1, 0.15) is 11.2 Å². The van der Waals surface area contributed by atoms with Crippen molar-refractivity contribution in [3.05, 3.63) is 170 Å². The molecule has 0 N–H and O–H groups in total. The van der Waals surface area contributed by atoms with Crippen molar-refractivity contribution in [1.82, 2.24) is 0 Å². The van der Waals surface area contributed by atoms with Gasteiger partial charge in [-0.1, -0.05) is 170 Å². The van der Waals surface area contributed by atoms with Crippen molar-refractivity contribution in [2.75, 3.05) is 0 Å². The van der Waals surface area contributed by atoms with Crippen LogP contribution in [0.2, 0.25) is 0 Å². The molecule has 8 aromatic carbocycles. The summed E-state index contributed by atoms with van der Waals surface area (Å²) in [6, 6.07) is 42.7. The fourth-order valence-corrected chi connectivity index (χ4v) is 6.66. The largest absolute Gasteiger partial charge is 0.455 e. The molecule has 0 aliphatic rings. The van der Waals surface area contributed by atoms with Crippen LogP contribution in [-0.2, 0) is 0 Å². The number of para-hydroxylation sites is 2. The van der Waals surface area contributed by atoms with Crippen molar-refractivity contribution >= 4 is 43.5 Å². The summed E-state index contributed by atoms with van der Waals surface area (Å²) in [5, 5.41) is 4.93. The summed E-state index contributed by atoms with van der Waals surface area (Å²) >= 11 is 0. The highest BCUT2D eigenvalue weighted by Crippen LogP contribution is 2.44. The lowest BCUT2D eigenvalue weighted by Gasteiger charge is -2.18. The average molecular weight is 579 g/mol. The van der Waals surface area contributed by atoms with Crippen molar-refractivity contribution < 1.29 is 12.6 Å². The molecule has 0 radical (unpaired) electrons. The van der Waals surface area contributed by atoms with Gasteiger partial charge in [0, 0.05) is 21.9 Å². The first-order valence-corrected chi connectivity index (χ1v) is 14.9. The predicted molar refractivity (Wildman–Crippen MR) is 190 cm³/mol. The first-order valence-electron chi connectivity index (χ1n) is 17.9. The van der Waals surface area contributed by atoms with Crippen LogP contribution in [0.15, 0.2) is 174 Å². The lowest BCUT2D eigenvalue weighted by atomic mass is 9.85. The van der Waals surface area contributed by atoms with Gasteiger partial charge in [0.15, 0.2) is 0 Å². The van der Waals surface area contributed by atoms with Crippen LogP contribution < -0.4 is 0 Å². The Morgan fingerprint density at radius 2 is 0.844 bits per heavy atom. The van der Waals surface area contributed by atoms with Crippen molar-refractivity contribution in [2.45, 2.75) is 0 Å². The summed E-state index contributed by atoms with van der Waals surface area (Å²) in [6.07, 6.45) is 0. The van der Waals surface area contributed by atoms with Crippen LogP contribution in [-0.4, -0.2) is 0 Å². The summed E-state index contributed by atoms with van der Waals surface area (Å²) in [5.74, 6) is 0. The molecule has 210 valence electrons. The van der Waals surface area contributed by atoms with E-state index < -0.39 is 0 Å². The molecular formula is C44H28O. The van der Waals surface area contributed by atoms with E-state index in [2.05, 4.69) is 0 Å². The molecule has 0 aliphatic heterocycles. The van der Waals surface area contributed by atoms with E-state index in [0.717, 1.165) is 54.8 Å². The third kappa shape index (κ3) is 4.09. The van der Waals surface area contributed by atoms with Crippen LogP contribution in [0, 0.1) is 0 Å². The first kappa shape index (κ1) is 20.1. The number of hydrogen-bond donors (Lipinski definition) is 0. The molecule has 1 heteroatoms. The smallest absolute Gasteiger partial charge is 0.143 e. The molecule has 0 aliphatic carbocycles. The van der Waals surface area contributed by atoms with Gasteiger partial charge in [0.25, 0.3) is 0 Å². The van der Waals surface area contributed by atoms with Crippen molar-refractivity contribution in [3.63, 3.8) is 0 Å². The molecule has 0 unspecified atom stereocenters. The van der Waals surface area contributed by atoms with E-state index in [1.165, 1.54) is 0 Å². The van der Waals surface area contributed by atoms with Crippen LogP contribution in [0.1, 0.15) is 8.22 Å². The highest BCUT2D eigenvalue weighted by molar-refractivity contribution is 6.21. The quantitative estimate of drug-likeness (QED) is 0.189. The second-order valence-electron chi connectivity index (χ2n) is 11.2. The number of benzene rings is 8. The van der Waals surface area contributed by atoms with E-state index in [1.807, 2.05) is 91.0 Å². The number of fused-ring (bicyclic) bond motifs is 5. The van der Waals surface area contributed by atoms with Crippen molar-refractivity contribution in [1.29, 1.82) is 0 Å². The van der Waals surface area contributed by atoms with Gasteiger partial charge >= 0.3 is 0 Å². The van der Waals surface area contributed by atoms with Crippen LogP contribution in [0.25, 0.3) is 88.0 Å². The van der Waals surface area contributed by atoms with Gasteiger partial charge in [-0.3, -0.25) is 0 Å². The second-order valence-corrected chi connectivity index (χ2v) is 11.2. The number of hydrogen-bond acceptors (Lipinski definition) is 1. The van der Waals surface area contributed by atoms with Gasteiger partial charge in [-0.2, -0.15) is 0 Å². The van der Waals surface area contributed by atoms with E-state index in [0.29, 0.717) is 45.3 Å². The Morgan fingerprint density at radius 3 is 1.56 bits per heavy atom. The minimum absolute atomic E-state index is 0.0695. The fourth-order valence-electron chi connectivity index (χ4n) is 6.66. The van der Waals surface area contributed by atoms with E-state index in [1.54, 1.807) is 42.5 Å². The van der Waals surface area contributed by atoms with Gasteiger partial charge in [0.05, 0.1) is 8.22 Å². The van der Waals surface area contributed by atoms with Gasteiger partial charge in [-0.25, -0.2) is 0 Å².